The molecule has 3 nitrogen and oxygen atoms in total. The van der Waals surface area contributed by atoms with Crippen molar-refractivity contribution in [3.05, 3.63) is 35.9 Å². The van der Waals surface area contributed by atoms with Gasteiger partial charge in [-0.25, -0.2) is 13.6 Å². The average molecular weight is 267 g/mol. The van der Waals surface area contributed by atoms with Gasteiger partial charge in [-0.1, -0.05) is 30.3 Å². The molecule has 0 radical (unpaired) electrons. The summed E-state index contributed by atoms with van der Waals surface area (Å²) in [6, 6.07) is 9.15. The van der Waals surface area contributed by atoms with Crippen molar-refractivity contribution in [3.63, 3.8) is 0 Å². The molecule has 0 spiro atoms. The van der Waals surface area contributed by atoms with E-state index < -0.39 is 17.6 Å². The van der Waals surface area contributed by atoms with Gasteiger partial charge in [0, 0.05) is 6.42 Å². The molecule has 2 unspecified atom stereocenters. The Labute approximate surface area is 109 Å². The number of alkyl carbamates (subject to hydrolysis) is 1. The maximum atomic E-state index is 13.7. The maximum absolute atomic E-state index is 13.7. The van der Waals surface area contributed by atoms with Gasteiger partial charge >= 0.3 is 6.09 Å². The van der Waals surface area contributed by atoms with Crippen LogP contribution < -0.4 is 5.32 Å². The first-order valence-electron chi connectivity index (χ1n) is 6.40. The third-order valence-electron chi connectivity index (χ3n) is 4.10. The highest BCUT2D eigenvalue weighted by atomic mass is 19.3. The van der Waals surface area contributed by atoms with Crippen molar-refractivity contribution in [2.45, 2.75) is 37.3 Å². The SMILES string of the molecule is O=C(NC12CC1CCC2(F)F)OCc1ccccc1. The lowest BCUT2D eigenvalue weighted by molar-refractivity contribution is -0.0393. The summed E-state index contributed by atoms with van der Waals surface area (Å²) in [6.07, 6.45) is -0.0591. The van der Waals surface area contributed by atoms with Gasteiger partial charge in [0.2, 0.25) is 0 Å². The molecule has 1 amide bonds. The maximum Gasteiger partial charge on any atom is 0.408 e. The molecule has 1 aromatic carbocycles. The van der Waals surface area contributed by atoms with Gasteiger partial charge in [-0.15, -0.1) is 0 Å². The lowest BCUT2D eigenvalue weighted by Crippen LogP contribution is -2.49. The van der Waals surface area contributed by atoms with Gasteiger partial charge in [0.1, 0.15) is 12.1 Å². The highest BCUT2D eigenvalue weighted by molar-refractivity contribution is 5.69. The van der Waals surface area contributed by atoms with Crippen LogP contribution in [0.4, 0.5) is 13.6 Å². The molecule has 2 atom stereocenters. The Morgan fingerprint density at radius 3 is 2.68 bits per heavy atom. The van der Waals surface area contributed by atoms with Gasteiger partial charge in [-0.2, -0.15) is 0 Å². The first-order chi connectivity index (χ1) is 9.03. The molecule has 2 aliphatic carbocycles. The molecule has 0 aromatic heterocycles. The van der Waals surface area contributed by atoms with Crippen molar-refractivity contribution in [1.82, 2.24) is 5.32 Å². The fourth-order valence-corrected chi connectivity index (χ4v) is 2.89. The Hall–Kier alpha value is -1.65. The van der Waals surface area contributed by atoms with Crippen LogP contribution in [0, 0.1) is 5.92 Å². The van der Waals surface area contributed by atoms with Crippen LogP contribution in [-0.2, 0) is 11.3 Å². The van der Waals surface area contributed by atoms with E-state index in [-0.39, 0.29) is 18.9 Å². The van der Waals surface area contributed by atoms with Crippen molar-refractivity contribution >= 4 is 6.09 Å². The highest BCUT2D eigenvalue weighted by Crippen LogP contribution is 2.63. The predicted octanol–water partition coefficient (Wildman–Crippen LogP) is 3.10. The van der Waals surface area contributed by atoms with E-state index in [9.17, 15) is 13.6 Å². The number of carbonyl (C=O) groups excluding carboxylic acids is 1. The van der Waals surface area contributed by atoms with Gasteiger partial charge in [0.05, 0.1) is 0 Å². The summed E-state index contributed by atoms with van der Waals surface area (Å²) in [4.78, 5) is 11.6. The van der Waals surface area contributed by atoms with Crippen molar-refractivity contribution in [1.29, 1.82) is 0 Å². The molecule has 0 heterocycles. The van der Waals surface area contributed by atoms with Crippen molar-refractivity contribution < 1.29 is 18.3 Å². The molecule has 102 valence electrons. The largest absolute Gasteiger partial charge is 0.445 e. The van der Waals surface area contributed by atoms with E-state index in [1.165, 1.54) is 0 Å². The average Bonchev–Trinajstić information content (AvgIpc) is 3.05. The van der Waals surface area contributed by atoms with Crippen molar-refractivity contribution in [2.75, 3.05) is 0 Å². The van der Waals surface area contributed by atoms with Crippen molar-refractivity contribution in [3.8, 4) is 0 Å². The number of rotatable bonds is 3. The summed E-state index contributed by atoms with van der Waals surface area (Å²) >= 11 is 0. The Kier molecular flexibility index (Phi) is 2.73. The summed E-state index contributed by atoms with van der Waals surface area (Å²) in [5, 5.41) is 2.38. The van der Waals surface area contributed by atoms with E-state index >= 15 is 0 Å². The Morgan fingerprint density at radius 1 is 1.37 bits per heavy atom. The molecule has 2 saturated carbocycles. The first kappa shape index (κ1) is 12.4. The fraction of sp³-hybridized carbons (Fsp3) is 0.500. The minimum absolute atomic E-state index is 0.0909. The number of halogens is 2. The first-order valence-corrected chi connectivity index (χ1v) is 6.40. The Balaban J connectivity index is 1.56. The number of ether oxygens (including phenoxy) is 1. The molecule has 3 rings (SSSR count). The van der Waals surface area contributed by atoms with Crippen LogP contribution in [0.15, 0.2) is 30.3 Å². The van der Waals surface area contributed by atoms with Crippen molar-refractivity contribution in [2.24, 2.45) is 5.92 Å². The highest BCUT2D eigenvalue weighted by Gasteiger charge is 2.74. The third kappa shape index (κ3) is 2.07. The molecule has 1 aromatic rings. The molecule has 1 N–H and O–H groups in total. The zero-order valence-corrected chi connectivity index (χ0v) is 10.4. The van der Waals surface area contributed by atoms with Crippen LogP contribution in [-0.4, -0.2) is 17.6 Å². The normalized spacial score (nSPS) is 30.5. The number of benzene rings is 1. The fourth-order valence-electron chi connectivity index (χ4n) is 2.89. The number of hydrogen-bond acceptors (Lipinski definition) is 2. The van der Waals surface area contributed by atoms with E-state index in [1.807, 2.05) is 30.3 Å². The minimum Gasteiger partial charge on any atom is -0.445 e. The number of fused-ring (bicyclic) bond motifs is 1. The summed E-state index contributed by atoms with van der Waals surface area (Å²) in [6.45, 7) is 0.0962. The quantitative estimate of drug-likeness (QED) is 0.913. The molecular formula is C14H15F2NO2. The zero-order valence-electron chi connectivity index (χ0n) is 10.4. The summed E-state index contributed by atoms with van der Waals surface area (Å²) < 4.78 is 32.4. The summed E-state index contributed by atoms with van der Waals surface area (Å²) in [5.74, 6) is -2.89. The van der Waals surface area contributed by atoms with Gasteiger partial charge < -0.3 is 10.1 Å². The molecule has 2 aliphatic rings. The summed E-state index contributed by atoms with van der Waals surface area (Å²) in [5.41, 5.74) is -0.499. The van der Waals surface area contributed by atoms with Gasteiger partial charge in [0.25, 0.3) is 5.92 Å². The summed E-state index contributed by atoms with van der Waals surface area (Å²) in [7, 11) is 0. The van der Waals surface area contributed by atoms with Crippen LogP contribution in [0.1, 0.15) is 24.8 Å². The van der Waals surface area contributed by atoms with Gasteiger partial charge in [-0.3, -0.25) is 0 Å². The topological polar surface area (TPSA) is 38.3 Å². The molecule has 2 fully saturated rings. The standard InChI is InChI=1S/C14H15F2NO2/c15-14(16)7-6-11-8-13(11,14)17-12(18)19-9-10-4-2-1-3-5-10/h1-5,11H,6-9H2,(H,17,18). The van der Waals surface area contributed by atoms with Crippen LogP contribution in [0.5, 0.6) is 0 Å². The minimum atomic E-state index is -2.80. The van der Waals surface area contributed by atoms with E-state index in [0.29, 0.717) is 12.8 Å². The third-order valence-corrected chi connectivity index (χ3v) is 4.10. The Bertz CT molecular complexity index is 491. The number of hydrogen-bond donors (Lipinski definition) is 1. The van der Waals surface area contributed by atoms with E-state index in [0.717, 1.165) is 5.56 Å². The van der Waals surface area contributed by atoms with Crippen LogP contribution in [0.3, 0.4) is 0 Å². The molecule has 5 heteroatoms. The molecule has 19 heavy (non-hydrogen) atoms. The molecular weight excluding hydrogens is 252 g/mol. The lowest BCUT2D eigenvalue weighted by atomic mass is 10.1. The molecule has 0 bridgehead atoms. The second-order valence-corrected chi connectivity index (χ2v) is 5.30. The van der Waals surface area contributed by atoms with Crippen LogP contribution >= 0.6 is 0 Å². The second-order valence-electron chi connectivity index (χ2n) is 5.30. The molecule has 0 aliphatic heterocycles. The number of carbonyl (C=O) groups is 1. The smallest absolute Gasteiger partial charge is 0.408 e. The van der Waals surface area contributed by atoms with Gasteiger partial charge in [-0.05, 0) is 24.3 Å². The Morgan fingerprint density at radius 2 is 2.11 bits per heavy atom. The van der Waals surface area contributed by atoms with E-state index in [4.69, 9.17) is 4.74 Å². The van der Waals surface area contributed by atoms with E-state index in [1.54, 1.807) is 0 Å². The van der Waals surface area contributed by atoms with Crippen LogP contribution in [0.2, 0.25) is 0 Å². The lowest BCUT2D eigenvalue weighted by Gasteiger charge is -2.23. The predicted molar refractivity (Wildman–Crippen MR) is 64.8 cm³/mol. The van der Waals surface area contributed by atoms with E-state index in [2.05, 4.69) is 5.32 Å². The molecule has 0 saturated heterocycles. The number of nitrogens with one attached hydrogen (secondary N) is 1. The van der Waals surface area contributed by atoms with Crippen LogP contribution in [0.25, 0.3) is 0 Å². The second kappa shape index (κ2) is 4.18. The van der Waals surface area contributed by atoms with Gasteiger partial charge in [0.15, 0.2) is 0 Å². The zero-order chi connectivity index (χ0) is 13.5. The monoisotopic (exact) mass is 267 g/mol. The number of alkyl halides is 2. The number of amides is 1.